The molecule has 1 saturated carbocycles. The van der Waals surface area contributed by atoms with E-state index in [0.717, 1.165) is 23.7 Å². The van der Waals surface area contributed by atoms with Gasteiger partial charge in [0.05, 0.1) is 0 Å². The Labute approximate surface area is 90.5 Å². The molecule has 0 bridgehead atoms. The molecular formula is C14H28. The van der Waals surface area contributed by atoms with Crippen molar-refractivity contribution in [2.75, 3.05) is 0 Å². The van der Waals surface area contributed by atoms with Gasteiger partial charge in [-0.05, 0) is 36.5 Å². The normalized spacial score (nSPS) is 30.0. The number of rotatable bonds is 7. The van der Waals surface area contributed by atoms with Gasteiger partial charge in [-0.1, -0.05) is 53.4 Å². The van der Waals surface area contributed by atoms with Crippen molar-refractivity contribution in [3.05, 3.63) is 0 Å². The highest BCUT2D eigenvalue weighted by Crippen LogP contribution is 2.48. The van der Waals surface area contributed by atoms with E-state index in [4.69, 9.17) is 0 Å². The van der Waals surface area contributed by atoms with Gasteiger partial charge in [0.2, 0.25) is 0 Å². The molecular weight excluding hydrogens is 168 g/mol. The molecule has 0 N–H and O–H groups in total. The van der Waals surface area contributed by atoms with Crippen molar-refractivity contribution in [3.63, 3.8) is 0 Å². The van der Waals surface area contributed by atoms with Gasteiger partial charge in [-0.3, -0.25) is 0 Å². The van der Waals surface area contributed by atoms with Crippen molar-refractivity contribution in [1.29, 1.82) is 0 Å². The number of hydrogen-bond acceptors (Lipinski definition) is 0. The maximum Gasteiger partial charge on any atom is -0.0357 e. The third kappa shape index (κ3) is 3.63. The van der Waals surface area contributed by atoms with Crippen LogP contribution in [0.2, 0.25) is 0 Å². The summed E-state index contributed by atoms with van der Waals surface area (Å²) in [5, 5.41) is 0. The van der Waals surface area contributed by atoms with Gasteiger partial charge in [-0.25, -0.2) is 0 Å². The van der Waals surface area contributed by atoms with Gasteiger partial charge in [-0.2, -0.15) is 0 Å². The Morgan fingerprint density at radius 2 is 1.86 bits per heavy atom. The third-order valence-corrected chi connectivity index (χ3v) is 3.92. The molecule has 0 heterocycles. The molecule has 1 fully saturated rings. The first-order valence-corrected chi connectivity index (χ1v) is 6.69. The lowest BCUT2D eigenvalue weighted by Gasteiger charge is -2.16. The molecule has 4 unspecified atom stereocenters. The zero-order valence-electron chi connectivity index (χ0n) is 10.6. The Hall–Kier alpha value is 0. The molecule has 1 aliphatic carbocycles. The summed E-state index contributed by atoms with van der Waals surface area (Å²) in [6, 6.07) is 0. The fourth-order valence-corrected chi connectivity index (χ4v) is 3.09. The first-order chi connectivity index (χ1) is 6.69. The topological polar surface area (TPSA) is 0 Å². The Balaban J connectivity index is 2.13. The smallest absolute Gasteiger partial charge is 0.0357 e. The molecule has 84 valence electrons. The van der Waals surface area contributed by atoms with Crippen LogP contribution in [0.25, 0.3) is 0 Å². The summed E-state index contributed by atoms with van der Waals surface area (Å²) in [4.78, 5) is 0. The molecule has 1 rings (SSSR count). The summed E-state index contributed by atoms with van der Waals surface area (Å²) in [5.74, 6) is 4.14. The first kappa shape index (κ1) is 12.1. The maximum absolute atomic E-state index is 2.48. The van der Waals surface area contributed by atoms with Gasteiger partial charge >= 0.3 is 0 Å². The van der Waals surface area contributed by atoms with Crippen LogP contribution < -0.4 is 0 Å². The van der Waals surface area contributed by atoms with E-state index < -0.39 is 0 Å². The molecule has 14 heavy (non-hydrogen) atoms. The van der Waals surface area contributed by atoms with Crippen LogP contribution in [0.4, 0.5) is 0 Å². The molecule has 0 spiro atoms. The van der Waals surface area contributed by atoms with Gasteiger partial charge in [-0.15, -0.1) is 0 Å². The van der Waals surface area contributed by atoms with Crippen LogP contribution in [0, 0.1) is 23.7 Å². The quantitative estimate of drug-likeness (QED) is 0.544. The lowest BCUT2D eigenvalue weighted by molar-refractivity contribution is 0.346. The summed E-state index contributed by atoms with van der Waals surface area (Å²) in [7, 11) is 0. The van der Waals surface area contributed by atoms with Crippen LogP contribution >= 0.6 is 0 Å². The molecule has 0 nitrogen and oxygen atoms in total. The summed E-state index contributed by atoms with van der Waals surface area (Å²) in [5.41, 5.74) is 0. The second-order valence-corrected chi connectivity index (χ2v) is 5.56. The van der Waals surface area contributed by atoms with Gasteiger partial charge in [0.15, 0.2) is 0 Å². The largest absolute Gasteiger partial charge is 0.0654 e. The summed E-state index contributed by atoms with van der Waals surface area (Å²) < 4.78 is 0. The zero-order valence-corrected chi connectivity index (χ0v) is 10.6. The molecule has 0 radical (unpaired) electrons. The van der Waals surface area contributed by atoms with Crippen LogP contribution in [0.3, 0.4) is 0 Å². The fourth-order valence-electron chi connectivity index (χ4n) is 3.09. The highest BCUT2D eigenvalue weighted by atomic mass is 14.4. The van der Waals surface area contributed by atoms with Crippen molar-refractivity contribution in [2.45, 2.75) is 66.2 Å². The van der Waals surface area contributed by atoms with Gasteiger partial charge in [0.1, 0.15) is 0 Å². The molecule has 0 aromatic heterocycles. The average molecular weight is 196 g/mol. The van der Waals surface area contributed by atoms with E-state index in [1.54, 1.807) is 0 Å². The van der Waals surface area contributed by atoms with Gasteiger partial charge < -0.3 is 0 Å². The van der Waals surface area contributed by atoms with E-state index in [1.165, 1.54) is 38.5 Å². The van der Waals surface area contributed by atoms with Crippen molar-refractivity contribution >= 4 is 0 Å². The Bertz CT molecular complexity index is 150. The second-order valence-electron chi connectivity index (χ2n) is 5.56. The van der Waals surface area contributed by atoms with E-state index in [1.807, 2.05) is 0 Å². The minimum atomic E-state index is 0.956. The minimum absolute atomic E-state index is 0.956. The predicted molar refractivity (Wildman–Crippen MR) is 64.4 cm³/mol. The molecule has 4 atom stereocenters. The molecule has 1 aliphatic rings. The average Bonchev–Trinajstić information content (AvgIpc) is 2.85. The second kappa shape index (κ2) is 5.78. The third-order valence-electron chi connectivity index (χ3n) is 3.92. The zero-order chi connectivity index (χ0) is 10.6. The van der Waals surface area contributed by atoms with Crippen LogP contribution in [0.1, 0.15) is 66.2 Å². The summed E-state index contributed by atoms with van der Waals surface area (Å²) in [6.45, 7) is 9.53. The van der Waals surface area contributed by atoms with E-state index in [0.29, 0.717) is 0 Å². The van der Waals surface area contributed by atoms with Crippen molar-refractivity contribution < 1.29 is 0 Å². The van der Waals surface area contributed by atoms with Gasteiger partial charge in [0, 0.05) is 0 Å². The van der Waals surface area contributed by atoms with E-state index in [-0.39, 0.29) is 0 Å². The van der Waals surface area contributed by atoms with Crippen LogP contribution in [0.15, 0.2) is 0 Å². The maximum atomic E-state index is 2.48. The summed E-state index contributed by atoms with van der Waals surface area (Å²) in [6.07, 6.45) is 8.66. The Morgan fingerprint density at radius 3 is 2.43 bits per heavy atom. The Morgan fingerprint density at radius 1 is 1.14 bits per heavy atom. The van der Waals surface area contributed by atoms with Crippen LogP contribution in [-0.4, -0.2) is 0 Å². The van der Waals surface area contributed by atoms with E-state index in [2.05, 4.69) is 27.7 Å². The van der Waals surface area contributed by atoms with E-state index >= 15 is 0 Å². The van der Waals surface area contributed by atoms with Crippen molar-refractivity contribution in [1.82, 2.24) is 0 Å². The molecule has 0 amide bonds. The monoisotopic (exact) mass is 196 g/mol. The number of hydrogen-bond donors (Lipinski definition) is 0. The summed E-state index contributed by atoms with van der Waals surface area (Å²) >= 11 is 0. The Kier molecular flexibility index (Phi) is 4.98. The van der Waals surface area contributed by atoms with Crippen molar-refractivity contribution in [2.24, 2.45) is 23.7 Å². The minimum Gasteiger partial charge on any atom is -0.0654 e. The van der Waals surface area contributed by atoms with Crippen molar-refractivity contribution in [3.8, 4) is 0 Å². The molecule has 0 aliphatic heterocycles. The highest BCUT2D eigenvalue weighted by Gasteiger charge is 2.39. The molecule has 0 aromatic carbocycles. The van der Waals surface area contributed by atoms with Crippen LogP contribution in [0.5, 0.6) is 0 Å². The molecule has 0 aromatic rings. The SMILES string of the molecule is CCCC(C)CC(C)C1CC1CCC. The lowest BCUT2D eigenvalue weighted by Crippen LogP contribution is -2.06. The first-order valence-electron chi connectivity index (χ1n) is 6.69. The molecule has 0 saturated heterocycles. The van der Waals surface area contributed by atoms with Gasteiger partial charge in [0.25, 0.3) is 0 Å². The predicted octanol–water partition coefficient (Wildman–Crippen LogP) is 4.89. The standard InChI is InChI=1S/C14H28/c1-5-7-11(3)9-12(4)14-10-13(14)8-6-2/h11-14H,5-10H2,1-4H3. The highest BCUT2D eigenvalue weighted by molar-refractivity contribution is 4.89. The fraction of sp³-hybridized carbons (Fsp3) is 1.00. The molecule has 0 heteroatoms. The lowest BCUT2D eigenvalue weighted by atomic mass is 9.90. The van der Waals surface area contributed by atoms with Crippen LogP contribution in [-0.2, 0) is 0 Å². The van der Waals surface area contributed by atoms with E-state index in [9.17, 15) is 0 Å².